The van der Waals surface area contributed by atoms with Crippen LogP contribution in [0.1, 0.15) is 40.2 Å². The summed E-state index contributed by atoms with van der Waals surface area (Å²) in [7, 11) is 0. The lowest BCUT2D eigenvalue weighted by Gasteiger charge is -2.19. The number of nitrogens with zero attached hydrogens (tertiary/aromatic N) is 2. The highest BCUT2D eigenvalue weighted by molar-refractivity contribution is 7.12. The van der Waals surface area contributed by atoms with Crippen LogP contribution in [-0.2, 0) is 11.2 Å². The summed E-state index contributed by atoms with van der Waals surface area (Å²) in [6.07, 6.45) is 2.57. The van der Waals surface area contributed by atoms with E-state index in [1.165, 1.54) is 22.3 Å². The van der Waals surface area contributed by atoms with Crippen molar-refractivity contribution in [1.29, 1.82) is 0 Å². The van der Waals surface area contributed by atoms with Gasteiger partial charge in [0.15, 0.2) is 5.13 Å². The zero-order valence-electron chi connectivity index (χ0n) is 16.2. The molecule has 0 saturated carbocycles. The van der Waals surface area contributed by atoms with Crippen LogP contribution in [0.25, 0.3) is 16.0 Å². The maximum atomic E-state index is 12.0. The summed E-state index contributed by atoms with van der Waals surface area (Å²) < 4.78 is 7.31. The first kappa shape index (κ1) is 19.7. The van der Waals surface area contributed by atoms with Crippen molar-refractivity contribution in [3.63, 3.8) is 0 Å². The third-order valence-electron chi connectivity index (χ3n) is 3.81. The molecule has 0 atom stereocenters. The van der Waals surface area contributed by atoms with Crippen LogP contribution >= 0.6 is 22.9 Å². The van der Waals surface area contributed by atoms with Crippen molar-refractivity contribution in [2.75, 3.05) is 5.32 Å². The highest BCUT2D eigenvalue weighted by Gasteiger charge is 2.18. The number of benzene rings is 1. The molecule has 3 rings (SSSR count). The number of carbonyl (C=O) groups is 1. The molecule has 0 spiro atoms. The number of carbonyl (C=O) groups excluding carboxylic acids is 1. The number of anilines is 1. The van der Waals surface area contributed by atoms with E-state index in [1.54, 1.807) is 5.38 Å². The summed E-state index contributed by atoms with van der Waals surface area (Å²) >= 11 is 7.68. The first-order valence-electron chi connectivity index (χ1n) is 8.88. The lowest BCUT2D eigenvalue weighted by atomic mass is 10.0. The van der Waals surface area contributed by atoms with Crippen LogP contribution in [0.4, 0.5) is 10.6 Å². The largest absolute Gasteiger partial charge is 0.444 e. The number of aromatic nitrogens is 2. The Hall–Kier alpha value is -2.05. The van der Waals surface area contributed by atoms with Gasteiger partial charge < -0.3 is 4.74 Å². The zero-order chi connectivity index (χ0) is 19.8. The molecule has 1 amide bonds. The first-order valence-corrected chi connectivity index (χ1v) is 10.1. The summed E-state index contributed by atoms with van der Waals surface area (Å²) in [5, 5.41) is 7.11. The van der Waals surface area contributed by atoms with E-state index in [2.05, 4.69) is 36.4 Å². The summed E-state index contributed by atoms with van der Waals surface area (Å²) in [6, 6.07) is 5.91. The standard InChI is InChI=1S/C20H24ClN3O2S/c1-12(2)8-13-10-24(16-9-14(21)6-7-15(13)16)18-22-17(11-27-18)23-19(25)26-20(3,4)5/h6-7,9-12H,8H2,1-5H3,(H,23,25). The molecule has 3 aromatic rings. The van der Waals surface area contributed by atoms with Crippen molar-refractivity contribution in [2.45, 2.75) is 46.6 Å². The number of thiazole rings is 1. The number of amides is 1. The zero-order valence-corrected chi connectivity index (χ0v) is 17.7. The maximum absolute atomic E-state index is 12.0. The van der Waals surface area contributed by atoms with Crippen molar-refractivity contribution in [3.8, 4) is 5.13 Å². The fourth-order valence-corrected chi connectivity index (χ4v) is 3.78. The molecular weight excluding hydrogens is 382 g/mol. The van der Waals surface area contributed by atoms with E-state index in [0.717, 1.165) is 17.1 Å². The third kappa shape index (κ3) is 4.82. The average Bonchev–Trinajstić information content (AvgIpc) is 3.09. The molecule has 144 valence electrons. The minimum atomic E-state index is -0.554. The topological polar surface area (TPSA) is 56.2 Å². The van der Waals surface area contributed by atoms with E-state index >= 15 is 0 Å². The molecule has 2 heterocycles. The van der Waals surface area contributed by atoms with E-state index < -0.39 is 11.7 Å². The molecule has 0 radical (unpaired) electrons. The highest BCUT2D eigenvalue weighted by atomic mass is 35.5. The van der Waals surface area contributed by atoms with Crippen LogP contribution in [-0.4, -0.2) is 21.2 Å². The van der Waals surface area contributed by atoms with Gasteiger partial charge in [-0.3, -0.25) is 9.88 Å². The summed E-state index contributed by atoms with van der Waals surface area (Å²) in [4.78, 5) is 16.5. The van der Waals surface area contributed by atoms with Gasteiger partial charge in [-0.15, -0.1) is 11.3 Å². The Morgan fingerprint density at radius 2 is 2.11 bits per heavy atom. The quantitative estimate of drug-likeness (QED) is 0.555. The minimum Gasteiger partial charge on any atom is -0.444 e. The maximum Gasteiger partial charge on any atom is 0.413 e. The van der Waals surface area contributed by atoms with E-state index in [4.69, 9.17) is 16.3 Å². The van der Waals surface area contributed by atoms with E-state index in [9.17, 15) is 4.79 Å². The van der Waals surface area contributed by atoms with Gasteiger partial charge in [-0.2, -0.15) is 0 Å². The molecular formula is C20H24ClN3O2S. The van der Waals surface area contributed by atoms with Gasteiger partial charge in [-0.1, -0.05) is 31.5 Å². The molecule has 0 aliphatic carbocycles. The van der Waals surface area contributed by atoms with Crippen LogP contribution < -0.4 is 5.32 Å². The molecule has 5 nitrogen and oxygen atoms in total. The Bertz CT molecular complexity index is 969. The second-order valence-electron chi connectivity index (χ2n) is 7.93. The monoisotopic (exact) mass is 405 g/mol. The van der Waals surface area contributed by atoms with Gasteiger partial charge in [0.05, 0.1) is 5.52 Å². The molecule has 1 N–H and O–H groups in total. The summed E-state index contributed by atoms with van der Waals surface area (Å²) in [6.45, 7) is 9.87. The van der Waals surface area contributed by atoms with Gasteiger partial charge in [-0.25, -0.2) is 9.78 Å². The Morgan fingerprint density at radius 3 is 2.78 bits per heavy atom. The van der Waals surface area contributed by atoms with Gasteiger partial charge in [0.2, 0.25) is 0 Å². The summed E-state index contributed by atoms with van der Waals surface area (Å²) in [5.74, 6) is 1.01. The molecule has 0 aliphatic heterocycles. The molecule has 1 aromatic carbocycles. The van der Waals surface area contributed by atoms with Crippen LogP contribution in [0, 0.1) is 5.92 Å². The van der Waals surface area contributed by atoms with Crippen molar-refractivity contribution < 1.29 is 9.53 Å². The number of fused-ring (bicyclic) bond motifs is 1. The van der Waals surface area contributed by atoms with Gasteiger partial charge in [0, 0.05) is 22.0 Å². The predicted molar refractivity (Wildman–Crippen MR) is 112 cm³/mol. The number of ether oxygens (including phenoxy) is 1. The van der Waals surface area contributed by atoms with Crippen LogP contribution in [0.5, 0.6) is 0 Å². The van der Waals surface area contributed by atoms with E-state index in [1.807, 2.05) is 37.5 Å². The van der Waals surface area contributed by atoms with Gasteiger partial charge in [-0.05, 0) is 50.8 Å². The fraction of sp³-hybridized carbons (Fsp3) is 0.400. The number of rotatable bonds is 4. The number of hydrogen-bond acceptors (Lipinski definition) is 4. The lowest BCUT2D eigenvalue weighted by molar-refractivity contribution is 0.0635. The van der Waals surface area contributed by atoms with Crippen LogP contribution in [0.3, 0.4) is 0 Å². The number of hydrogen-bond donors (Lipinski definition) is 1. The third-order valence-corrected chi connectivity index (χ3v) is 4.88. The Morgan fingerprint density at radius 1 is 1.37 bits per heavy atom. The molecule has 2 aromatic heterocycles. The van der Waals surface area contributed by atoms with Crippen molar-refractivity contribution >= 4 is 45.8 Å². The normalized spacial score (nSPS) is 12.0. The molecule has 0 aliphatic rings. The smallest absolute Gasteiger partial charge is 0.413 e. The van der Waals surface area contributed by atoms with Crippen LogP contribution in [0.15, 0.2) is 29.8 Å². The van der Waals surface area contributed by atoms with E-state index in [-0.39, 0.29) is 0 Å². The van der Waals surface area contributed by atoms with Gasteiger partial charge >= 0.3 is 6.09 Å². The minimum absolute atomic E-state index is 0.471. The molecule has 0 saturated heterocycles. The van der Waals surface area contributed by atoms with E-state index in [0.29, 0.717) is 16.8 Å². The number of halogens is 1. The second kappa shape index (κ2) is 7.52. The molecule has 0 unspecified atom stereocenters. The number of nitrogens with one attached hydrogen (secondary N) is 1. The van der Waals surface area contributed by atoms with Crippen LogP contribution in [0.2, 0.25) is 5.02 Å². The lowest BCUT2D eigenvalue weighted by Crippen LogP contribution is -2.27. The summed E-state index contributed by atoms with van der Waals surface area (Å²) in [5.41, 5.74) is 1.71. The molecule has 0 fully saturated rings. The van der Waals surface area contributed by atoms with Crippen molar-refractivity contribution in [2.24, 2.45) is 5.92 Å². The Labute approximate surface area is 168 Å². The van der Waals surface area contributed by atoms with Gasteiger partial charge in [0.1, 0.15) is 11.4 Å². The SMILES string of the molecule is CC(C)Cc1cn(-c2nc(NC(=O)OC(C)(C)C)cs2)c2cc(Cl)ccc12. The Kier molecular flexibility index (Phi) is 5.49. The molecule has 27 heavy (non-hydrogen) atoms. The molecule has 7 heteroatoms. The van der Waals surface area contributed by atoms with Crippen molar-refractivity contribution in [1.82, 2.24) is 9.55 Å². The fourth-order valence-electron chi connectivity index (χ4n) is 2.87. The van der Waals surface area contributed by atoms with Crippen molar-refractivity contribution in [3.05, 3.63) is 40.4 Å². The highest BCUT2D eigenvalue weighted by Crippen LogP contribution is 2.31. The second-order valence-corrected chi connectivity index (χ2v) is 9.20. The molecule has 0 bridgehead atoms. The average molecular weight is 406 g/mol. The first-order chi connectivity index (χ1) is 12.6. The predicted octanol–water partition coefficient (Wildman–Crippen LogP) is 6.29. The van der Waals surface area contributed by atoms with Gasteiger partial charge in [0.25, 0.3) is 0 Å². The Balaban J connectivity index is 1.93.